The average molecular weight is 326 g/mol. The molecule has 1 N–H and O–H groups in total. The standard InChI is InChI=1S/C18H22N4O2/c1-12-4-5-15(10-13(12)2)20-18-19-14(3)11-16(21-18)17(23)22-6-8-24-9-7-22/h4-5,10-11H,6-9H2,1-3H3,(H,19,20,21). The number of morpholine rings is 1. The molecule has 6 heteroatoms. The molecule has 2 aromatic rings. The Bertz CT molecular complexity index is 755. The van der Waals surface area contributed by atoms with E-state index in [-0.39, 0.29) is 5.91 Å². The Morgan fingerprint density at radius 1 is 1.08 bits per heavy atom. The third-order valence-corrected chi connectivity index (χ3v) is 4.13. The summed E-state index contributed by atoms with van der Waals surface area (Å²) in [6.07, 6.45) is 0. The number of aryl methyl sites for hydroxylation is 3. The highest BCUT2D eigenvalue weighted by molar-refractivity contribution is 5.92. The molecule has 0 unspecified atom stereocenters. The van der Waals surface area contributed by atoms with E-state index in [1.165, 1.54) is 11.1 Å². The number of hydrogen-bond donors (Lipinski definition) is 1. The molecule has 1 aromatic heterocycles. The second-order valence-corrected chi connectivity index (χ2v) is 6.05. The summed E-state index contributed by atoms with van der Waals surface area (Å²) in [7, 11) is 0. The first kappa shape index (κ1) is 16.4. The van der Waals surface area contributed by atoms with Gasteiger partial charge in [0.1, 0.15) is 5.69 Å². The van der Waals surface area contributed by atoms with Crippen LogP contribution in [-0.4, -0.2) is 47.1 Å². The summed E-state index contributed by atoms with van der Waals surface area (Å²) in [6, 6.07) is 7.80. The third kappa shape index (κ3) is 3.71. The Morgan fingerprint density at radius 3 is 2.54 bits per heavy atom. The molecule has 0 aliphatic carbocycles. The van der Waals surface area contributed by atoms with Crippen molar-refractivity contribution >= 4 is 17.5 Å². The first-order chi connectivity index (χ1) is 11.5. The minimum atomic E-state index is -0.0769. The molecular formula is C18H22N4O2. The number of anilines is 2. The fourth-order valence-corrected chi connectivity index (χ4v) is 2.61. The van der Waals surface area contributed by atoms with Crippen molar-refractivity contribution in [1.29, 1.82) is 0 Å². The lowest BCUT2D eigenvalue weighted by Gasteiger charge is -2.26. The lowest BCUT2D eigenvalue weighted by molar-refractivity contribution is 0.0299. The molecule has 1 amide bonds. The highest BCUT2D eigenvalue weighted by Crippen LogP contribution is 2.18. The Balaban J connectivity index is 1.82. The van der Waals surface area contributed by atoms with Gasteiger partial charge < -0.3 is 15.0 Å². The number of amides is 1. The zero-order chi connectivity index (χ0) is 17.1. The molecule has 24 heavy (non-hydrogen) atoms. The van der Waals surface area contributed by atoms with Crippen molar-refractivity contribution in [3.8, 4) is 0 Å². The second kappa shape index (κ2) is 6.97. The molecule has 0 saturated carbocycles. The number of carbonyl (C=O) groups is 1. The highest BCUT2D eigenvalue weighted by Gasteiger charge is 2.20. The van der Waals surface area contributed by atoms with Crippen molar-refractivity contribution in [2.24, 2.45) is 0 Å². The van der Waals surface area contributed by atoms with Crippen molar-refractivity contribution in [2.45, 2.75) is 20.8 Å². The summed E-state index contributed by atoms with van der Waals surface area (Å²) in [4.78, 5) is 23.2. The summed E-state index contributed by atoms with van der Waals surface area (Å²) >= 11 is 0. The molecule has 1 aromatic carbocycles. The molecular weight excluding hydrogens is 304 g/mol. The molecule has 2 heterocycles. The number of rotatable bonds is 3. The topological polar surface area (TPSA) is 67.4 Å². The molecule has 1 aliphatic heterocycles. The number of nitrogens with zero attached hydrogens (tertiary/aromatic N) is 3. The molecule has 6 nitrogen and oxygen atoms in total. The summed E-state index contributed by atoms with van der Waals surface area (Å²) in [6.45, 7) is 8.34. The monoisotopic (exact) mass is 326 g/mol. The van der Waals surface area contributed by atoms with Crippen LogP contribution in [0.2, 0.25) is 0 Å². The molecule has 0 atom stereocenters. The van der Waals surface area contributed by atoms with Gasteiger partial charge in [0.15, 0.2) is 0 Å². The molecule has 0 bridgehead atoms. The van der Waals surface area contributed by atoms with Crippen LogP contribution in [0.3, 0.4) is 0 Å². The van der Waals surface area contributed by atoms with E-state index in [0.717, 1.165) is 11.4 Å². The van der Waals surface area contributed by atoms with Gasteiger partial charge in [-0.25, -0.2) is 9.97 Å². The zero-order valence-corrected chi connectivity index (χ0v) is 14.3. The van der Waals surface area contributed by atoms with Crippen LogP contribution < -0.4 is 5.32 Å². The number of nitrogens with one attached hydrogen (secondary N) is 1. The first-order valence-corrected chi connectivity index (χ1v) is 8.10. The van der Waals surface area contributed by atoms with E-state index < -0.39 is 0 Å². The largest absolute Gasteiger partial charge is 0.378 e. The van der Waals surface area contributed by atoms with Gasteiger partial charge in [0.25, 0.3) is 5.91 Å². The maximum atomic E-state index is 12.6. The fourth-order valence-electron chi connectivity index (χ4n) is 2.61. The lowest BCUT2D eigenvalue weighted by Crippen LogP contribution is -2.41. The van der Waals surface area contributed by atoms with Crippen LogP contribution in [0.15, 0.2) is 24.3 Å². The van der Waals surface area contributed by atoms with Crippen molar-refractivity contribution in [1.82, 2.24) is 14.9 Å². The number of ether oxygens (including phenoxy) is 1. The molecule has 1 saturated heterocycles. The predicted molar refractivity (Wildman–Crippen MR) is 92.7 cm³/mol. The van der Waals surface area contributed by atoms with E-state index in [0.29, 0.717) is 37.9 Å². The van der Waals surface area contributed by atoms with E-state index >= 15 is 0 Å². The van der Waals surface area contributed by atoms with Crippen LogP contribution in [0.5, 0.6) is 0 Å². The second-order valence-electron chi connectivity index (χ2n) is 6.05. The average Bonchev–Trinajstić information content (AvgIpc) is 2.58. The molecule has 126 valence electrons. The van der Waals surface area contributed by atoms with Gasteiger partial charge in [-0.3, -0.25) is 4.79 Å². The zero-order valence-electron chi connectivity index (χ0n) is 14.3. The van der Waals surface area contributed by atoms with Gasteiger partial charge in [-0.05, 0) is 50.1 Å². The van der Waals surface area contributed by atoms with Crippen LogP contribution in [0.25, 0.3) is 0 Å². The van der Waals surface area contributed by atoms with E-state index in [4.69, 9.17) is 4.74 Å². The fraction of sp³-hybridized carbons (Fsp3) is 0.389. The summed E-state index contributed by atoms with van der Waals surface area (Å²) in [5.74, 6) is 0.363. The smallest absolute Gasteiger partial charge is 0.272 e. The van der Waals surface area contributed by atoms with Gasteiger partial charge in [0.2, 0.25) is 5.95 Å². The van der Waals surface area contributed by atoms with Crippen LogP contribution in [-0.2, 0) is 4.74 Å². The van der Waals surface area contributed by atoms with E-state index in [1.807, 2.05) is 25.1 Å². The van der Waals surface area contributed by atoms with Crippen LogP contribution in [0.4, 0.5) is 11.6 Å². The van der Waals surface area contributed by atoms with E-state index in [9.17, 15) is 4.79 Å². The molecule has 3 rings (SSSR count). The van der Waals surface area contributed by atoms with Crippen LogP contribution in [0, 0.1) is 20.8 Å². The van der Waals surface area contributed by atoms with Gasteiger partial charge in [0, 0.05) is 24.5 Å². The van der Waals surface area contributed by atoms with E-state index in [1.54, 1.807) is 11.0 Å². The predicted octanol–water partition coefficient (Wildman–Crippen LogP) is 2.62. The van der Waals surface area contributed by atoms with Crippen molar-refractivity contribution in [3.63, 3.8) is 0 Å². The number of benzene rings is 1. The van der Waals surface area contributed by atoms with Crippen LogP contribution >= 0.6 is 0 Å². The van der Waals surface area contributed by atoms with Crippen LogP contribution in [0.1, 0.15) is 27.3 Å². The summed E-state index contributed by atoms with van der Waals surface area (Å²) in [5.41, 5.74) is 4.50. The highest BCUT2D eigenvalue weighted by atomic mass is 16.5. The number of hydrogen-bond acceptors (Lipinski definition) is 5. The maximum absolute atomic E-state index is 12.6. The quantitative estimate of drug-likeness (QED) is 0.939. The lowest BCUT2D eigenvalue weighted by atomic mass is 10.1. The molecule has 1 aliphatic rings. The van der Waals surface area contributed by atoms with E-state index in [2.05, 4.69) is 29.1 Å². The summed E-state index contributed by atoms with van der Waals surface area (Å²) < 4.78 is 5.29. The number of carbonyl (C=O) groups excluding carboxylic acids is 1. The van der Waals surface area contributed by atoms with Crippen molar-refractivity contribution in [2.75, 3.05) is 31.6 Å². The summed E-state index contributed by atoms with van der Waals surface area (Å²) in [5, 5.41) is 3.19. The molecule has 0 spiro atoms. The minimum absolute atomic E-state index is 0.0769. The minimum Gasteiger partial charge on any atom is -0.378 e. The van der Waals surface area contributed by atoms with Gasteiger partial charge in [0.05, 0.1) is 13.2 Å². The van der Waals surface area contributed by atoms with Crippen molar-refractivity contribution < 1.29 is 9.53 Å². The Labute approximate surface area is 141 Å². The Hall–Kier alpha value is -2.47. The van der Waals surface area contributed by atoms with Gasteiger partial charge in [-0.1, -0.05) is 6.07 Å². The van der Waals surface area contributed by atoms with Gasteiger partial charge >= 0.3 is 0 Å². The number of aromatic nitrogens is 2. The van der Waals surface area contributed by atoms with Gasteiger partial charge in [-0.15, -0.1) is 0 Å². The third-order valence-electron chi connectivity index (χ3n) is 4.13. The Morgan fingerprint density at radius 2 is 1.83 bits per heavy atom. The Kier molecular flexibility index (Phi) is 4.76. The van der Waals surface area contributed by atoms with Gasteiger partial charge in [-0.2, -0.15) is 0 Å². The van der Waals surface area contributed by atoms with Crippen molar-refractivity contribution in [3.05, 3.63) is 46.8 Å². The molecule has 0 radical (unpaired) electrons. The SMILES string of the molecule is Cc1cc(C(=O)N2CCOCC2)nc(Nc2ccc(C)c(C)c2)n1. The maximum Gasteiger partial charge on any atom is 0.272 e. The molecule has 1 fully saturated rings. The normalized spacial score (nSPS) is 14.5. The first-order valence-electron chi connectivity index (χ1n) is 8.10.